The van der Waals surface area contributed by atoms with Crippen molar-refractivity contribution in [3.8, 4) is 11.3 Å². The van der Waals surface area contributed by atoms with E-state index in [1.807, 2.05) is 65.3 Å². The summed E-state index contributed by atoms with van der Waals surface area (Å²) in [7, 11) is 1.92. The fraction of sp³-hybridized carbons (Fsp3) is 0.346. The minimum absolute atomic E-state index is 0.0142. The Morgan fingerprint density at radius 3 is 2.82 bits per heavy atom. The molecule has 1 fully saturated rings. The van der Waals surface area contributed by atoms with E-state index >= 15 is 0 Å². The van der Waals surface area contributed by atoms with Gasteiger partial charge in [-0.2, -0.15) is 5.10 Å². The molecule has 7 heteroatoms. The van der Waals surface area contributed by atoms with E-state index in [1.54, 1.807) is 12.1 Å². The second kappa shape index (κ2) is 7.27. The normalized spacial score (nSPS) is 19.7. The zero-order valence-corrected chi connectivity index (χ0v) is 19.0. The summed E-state index contributed by atoms with van der Waals surface area (Å²) in [5, 5.41) is 4.88. The fourth-order valence-corrected chi connectivity index (χ4v) is 5.88. The smallest absolute Gasteiger partial charge is 0.273 e. The van der Waals surface area contributed by atoms with Crippen molar-refractivity contribution in [2.24, 2.45) is 7.05 Å². The molecule has 2 aliphatic rings. The van der Waals surface area contributed by atoms with Gasteiger partial charge >= 0.3 is 0 Å². The van der Waals surface area contributed by atoms with Gasteiger partial charge in [0.25, 0.3) is 5.91 Å². The van der Waals surface area contributed by atoms with Gasteiger partial charge in [-0.1, -0.05) is 6.07 Å². The first-order valence-corrected chi connectivity index (χ1v) is 11.5. The van der Waals surface area contributed by atoms with E-state index < -0.39 is 0 Å². The number of carbonyl (C=O) groups is 1. The Morgan fingerprint density at radius 1 is 1.15 bits per heavy atom. The van der Waals surface area contributed by atoms with Crippen LogP contribution in [0.5, 0.6) is 0 Å². The Bertz CT molecular complexity index is 1400. The molecule has 6 nitrogen and oxygen atoms in total. The summed E-state index contributed by atoms with van der Waals surface area (Å²) < 4.78 is 18.0. The number of imidazole rings is 1. The summed E-state index contributed by atoms with van der Waals surface area (Å²) in [6, 6.07) is 10.9. The van der Waals surface area contributed by atoms with Crippen molar-refractivity contribution in [2.45, 2.75) is 51.6 Å². The first-order valence-electron chi connectivity index (χ1n) is 11.5. The Kier molecular flexibility index (Phi) is 4.44. The zero-order chi connectivity index (χ0) is 22.9. The quantitative estimate of drug-likeness (QED) is 0.448. The molecule has 2 atom stereocenters. The molecular weight excluding hydrogens is 417 g/mol. The van der Waals surface area contributed by atoms with Crippen LogP contribution in [0.25, 0.3) is 16.9 Å². The highest BCUT2D eigenvalue weighted by atomic mass is 19.1. The number of hydrogen-bond acceptors (Lipinski definition) is 3. The molecule has 1 aromatic carbocycles. The van der Waals surface area contributed by atoms with Crippen LogP contribution in [0.2, 0.25) is 0 Å². The summed E-state index contributed by atoms with van der Waals surface area (Å²) in [4.78, 5) is 20.6. The molecular formula is C26H26FN5O. The molecule has 0 unspecified atom stereocenters. The maximum atomic E-state index is 14.2. The monoisotopic (exact) mass is 443 g/mol. The number of pyridine rings is 1. The summed E-state index contributed by atoms with van der Waals surface area (Å²) in [6.45, 7) is 3.80. The van der Waals surface area contributed by atoms with Gasteiger partial charge in [-0.15, -0.1) is 0 Å². The number of halogens is 1. The lowest BCUT2D eigenvalue weighted by molar-refractivity contribution is 0.0384. The second-order valence-corrected chi connectivity index (χ2v) is 9.34. The minimum atomic E-state index is -0.240. The van der Waals surface area contributed by atoms with Crippen molar-refractivity contribution < 1.29 is 9.18 Å². The number of amides is 1. The number of piperidine rings is 1. The van der Waals surface area contributed by atoms with E-state index in [0.29, 0.717) is 5.69 Å². The molecule has 2 bridgehead atoms. The zero-order valence-electron chi connectivity index (χ0n) is 19.0. The fourth-order valence-electron chi connectivity index (χ4n) is 5.88. The van der Waals surface area contributed by atoms with Crippen LogP contribution in [-0.4, -0.2) is 36.0 Å². The lowest BCUT2D eigenvalue weighted by Crippen LogP contribution is -2.50. The average molecular weight is 444 g/mol. The number of hydrogen-bond donors (Lipinski definition) is 0. The van der Waals surface area contributed by atoms with Gasteiger partial charge in [0.2, 0.25) is 0 Å². The number of nitrogens with zero attached hydrogens (tertiary/aromatic N) is 5. The molecule has 0 spiro atoms. The van der Waals surface area contributed by atoms with E-state index in [-0.39, 0.29) is 23.8 Å². The lowest BCUT2D eigenvalue weighted by atomic mass is 9.81. The van der Waals surface area contributed by atoms with Gasteiger partial charge in [-0.25, -0.2) is 9.37 Å². The topological polar surface area (TPSA) is 55.4 Å². The maximum Gasteiger partial charge on any atom is 0.273 e. The van der Waals surface area contributed by atoms with Gasteiger partial charge in [0, 0.05) is 30.4 Å². The number of carbonyl (C=O) groups excluding carboxylic acids is 1. The first kappa shape index (κ1) is 20.1. The van der Waals surface area contributed by atoms with Gasteiger partial charge in [-0.05, 0) is 75.4 Å². The average Bonchev–Trinajstić information content (AvgIpc) is 3.27. The van der Waals surface area contributed by atoms with E-state index in [9.17, 15) is 9.18 Å². The Morgan fingerprint density at radius 2 is 2.00 bits per heavy atom. The molecule has 33 heavy (non-hydrogen) atoms. The van der Waals surface area contributed by atoms with Crippen molar-refractivity contribution >= 4 is 11.6 Å². The minimum Gasteiger partial charge on any atom is -0.325 e. The van der Waals surface area contributed by atoms with Crippen LogP contribution in [-0.2, 0) is 13.5 Å². The second-order valence-electron chi connectivity index (χ2n) is 9.34. The molecule has 3 aromatic heterocycles. The van der Waals surface area contributed by atoms with Crippen LogP contribution in [0.4, 0.5) is 4.39 Å². The van der Waals surface area contributed by atoms with E-state index in [1.165, 1.54) is 0 Å². The number of fused-ring (bicyclic) bond motifs is 5. The van der Waals surface area contributed by atoms with Crippen molar-refractivity contribution in [1.82, 2.24) is 24.1 Å². The molecule has 0 N–H and O–H groups in total. The largest absolute Gasteiger partial charge is 0.325 e. The Hall–Kier alpha value is -3.48. The molecule has 1 saturated heterocycles. The lowest BCUT2D eigenvalue weighted by Gasteiger charge is -2.45. The SMILES string of the molecule is Cc1cc(F)cc(-c2c3c(nn2C)[C@H]2CCC[C@@H](C3)N2C(=O)c2c(C)nc3ccccn23)c1. The van der Waals surface area contributed by atoms with Crippen LogP contribution < -0.4 is 0 Å². The van der Waals surface area contributed by atoms with Crippen molar-refractivity contribution in [1.29, 1.82) is 0 Å². The third kappa shape index (κ3) is 3.02. The number of benzene rings is 1. The van der Waals surface area contributed by atoms with Crippen LogP contribution in [0, 0.1) is 19.7 Å². The highest BCUT2D eigenvalue weighted by Crippen LogP contribution is 2.45. The van der Waals surface area contributed by atoms with Gasteiger partial charge in [-0.3, -0.25) is 13.9 Å². The molecule has 168 valence electrons. The van der Waals surface area contributed by atoms with Gasteiger partial charge < -0.3 is 4.90 Å². The van der Waals surface area contributed by atoms with Crippen molar-refractivity contribution in [2.75, 3.05) is 0 Å². The molecule has 0 saturated carbocycles. The van der Waals surface area contributed by atoms with Crippen LogP contribution >= 0.6 is 0 Å². The van der Waals surface area contributed by atoms with Crippen molar-refractivity contribution in [3.05, 3.63) is 76.6 Å². The highest BCUT2D eigenvalue weighted by Gasteiger charge is 2.44. The summed E-state index contributed by atoms with van der Waals surface area (Å²) in [5.41, 5.74) is 6.94. The van der Waals surface area contributed by atoms with Crippen LogP contribution in [0.1, 0.15) is 58.3 Å². The molecule has 0 radical (unpaired) electrons. The first-order chi connectivity index (χ1) is 15.9. The predicted molar refractivity (Wildman–Crippen MR) is 124 cm³/mol. The van der Waals surface area contributed by atoms with E-state index in [2.05, 4.69) is 4.98 Å². The number of aromatic nitrogens is 4. The number of rotatable bonds is 2. The number of aryl methyl sites for hydroxylation is 3. The third-order valence-electron chi connectivity index (χ3n) is 7.13. The van der Waals surface area contributed by atoms with E-state index in [0.717, 1.165) is 65.1 Å². The molecule has 0 aliphatic carbocycles. The molecule has 4 aromatic rings. The van der Waals surface area contributed by atoms with Gasteiger partial charge in [0.1, 0.15) is 17.2 Å². The summed E-state index contributed by atoms with van der Waals surface area (Å²) >= 11 is 0. The molecule has 6 rings (SSSR count). The molecule has 5 heterocycles. The van der Waals surface area contributed by atoms with Crippen molar-refractivity contribution in [3.63, 3.8) is 0 Å². The summed E-state index contributed by atoms with van der Waals surface area (Å²) in [5.74, 6) is -0.226. The third-order valence-corrected chi connectivity index (χ3v) is 7.13. The molecule has 2 aliphatic heterocycles. The van der Waals surface area contributed by atoms with Crippen LogP contribution in [0.3, 0.4) is 0 Å². The summed E-state index contributed by atoms with van der Waals surface area (Å²) in [6.07, 6.45) is 5.53. The van der Waals surface area contributed by atoms with E-state index in [4.69, 9.17) is 5.10 Å². The van der Waals surface area contributed by atoms with Gasteiger partial charge in [0.05, 0.1) is 23.1 Å². The standard InChI is InChI=1S/C26H26FN5O/c1-15-11-17(13-18(27)12-15)25-20-14-19-7-6-8-21(23(20)29-30(25)3)32(19)26(33)24-16(2)28-22-9-4-5-10-31(22)24/h4-5,9-13,19,21H,6-8,14H2,1-3H3/t19-,21+/m0/s1. The van der Waals surface area contributed by atoms with Crippen LogP contribution in [0.15, 0.2) is 42.6 Å². The highest BCUT2D eigenvalue weighted by molar-refractivity contribution is 5.95. The Balaban J connectivity index is 1.47. The Labute approximate surface area is 191 Å². The maximum absolute atomic E-state index is 14.2. The van der Waals surface area contributed by atoms with Gasteiger partial charge in [0.15, 0.2) is 0 Å². The predicted octanol–water partition coefficient (Wildman–Crippen LogP) is 4.78. The molecule has 1 amide bonds.